The number of aromatic nitrogens is 4. The summed E-state index contributed by atoms with van der Waals surface area (Å²) in [7, 11) is -3.16. The van der Waals surface area contributed by atoms with Gasteiger partial charge in [-0.25, -0.2) is 22.7 Å². The molecule has 0 radical (unpaired) electrons. The van der Waals surface area contributed by atoms with E-state index < -0.39 is 10.0 Å². The highest BCUT2D eigenvalue weighted by atomic mass is 32.2. The zero-order valence-electron chi connectivity index (χ0n) is 20.3. The Morgan fingerprint density at radius 3 is 2.66 bits per heavy atom. The highest BCUT2D eigenvalue weighted by molar-refractivity contribution is 7.88. The number of ether oxygens (including phenoxy) is 1. The molecule has 9 nitrogen and oxygen atoms in total. The number of fused-ring (bicyclic) bond motifs is 2. The van der Waals surface area contributed by atoms with E-state index in [2.05, 4.69) is 33.9 Å². The Bertz CT molecular complexity index is 1340. The summed E-state index contributed by atoms with van der Waals surface area (Å²) < 4.78 is 31.7. The van der Waals surface area contributed by atoms with Gasteiger partial charge in [0.1, 0.15) is 18.1 Å². The molecule has 5 heterocycles. The molecule has 6 rings (SSSR count). The molecule has 35 heavy (non-hydrogen) atoms. The zero-order valence-corrected chi connectivity index (χ0v) is 21.1. The van der Waals surface area contributed by atoms with Crippen LogP contribution in [0.2, 0.25) is 0 Å². The number of nitrogens with one attached hydrogen (secondary N) is 1. The van der Waals surface area contributed by atoms with Gasteiger partial charge >= 0.3 is 0 Å². The quantitative estimate of drug-likeness (QED) is 0.577. The number of aromatic amines is 1. The fraction of sp³-hybridized carbons (Fsp3) is 0.560. The van der Waals surface area contributed by atoms with Gasteiger partial charge in [0.05, 0.1) is 23.3 Å². The van der Waals surface area contributed by atoms with Gasteiger partial charge in [-0.3, -0.25) is 0 Å². The lowest BCUT2D eigenvalue weighted by molar-refractivity contribution is 0.115. The van der Waals surface area contributed by atoms with Crippen molar-refractivity contribution in [2.24, 2.45) is 0 Å². The second-order valence-corrected chi connectivity index (χ2v) is 12.2. The summed E-state index contributed by atoms with van der Waals surface area (Å²) in [5.41, 5.74) is 5.32. The molecular formula is C25H32N6O3S. The Morgan fingerprint density at radius 1 is 1.14 bits per heavy atom. The maximum Gasteiger partial charge on any atom is 0.217 e. The van der Waals surface area contributed by atoms with Crippen molar-refractivity contribution in [2.75, 3.05) is 24.2 Å². The van der Waals surface area contributed by atoms with Crippen LogP contribution in [0.15, 0.2) is 24.7 Å². The molecule has 2 aliphatic heterocycles. The van der Waals surface area contributed by atoms with Crippen LogP contribution in [0.4, 0.5) is 5.69 Å². The lowest BCUT2D eigenvalue weighted by Gasteiger charge is -2.38. The minimum atomic E-state index is -3.16. The van der Waals surface area contributed by atoms with Crippen molar-refractivity contribution in [1.82, 2.24) is 24.2 Å². The summed E-state index contributed by atoms with van der Waals surface area (Å²) in [6, 6.07) is 4.43. The lowest BCUT2D eigenvalue weighted by Crippen LogP contribution is -2.41. The molecule has 1 aliphatic carbocycles. The molecule has 0 bridgehead atoms. The number of hydrogen-bond acceptors (Lipinski definition) is 7. The van der Waals surface area contributed by atoms with E-state index in [0.717, 1.165) is 60.2 Å². The third-order valence-electron chi connectivity index (χ3n) is 7.86. The first-order valence-corrected chi connectivity index (χ1v) is 14.4. The molecule has 3 aliphatic rings. The van der Waals surface area contributed by atoms with E-state index in [1.165, 1.54) is 18.2 Å². The molecule has 0 amide bonds. The van der Waals surface area contributed by atoms with E-state index in [-0.39, 0.29) is 18.1 Å². The van der Waals surface area contributed by atoms with Crippen molar-refractivity contribution in [2.45, 2.75) is 70.1 Å². The van der Waals surface area contributed by atoms with E-state index >= 15 is 0 Å². The fourth-order valence-electron chi connectivity index (χ4n) is 5.62. The molecule has 1 unspecified atom stereocenters. The van der Waals surface area contributed by atoms with Crippen LogP contribution in [0.1, 0.15) is 61.9 Å². The Hall–Kier alpha value is -2.72. The van der Waals surface area contributed by atoms with Crippen LogP contribution in [-0.2, 0) is 23.0 Å². The minimum Gasteiger partial charge on any atom is -0.474 e. The van der Waals surface area contributed by atoms with E-state index in [0.29, 0.717) is 25.5 Å². The van der Waals surface area contributed by atoms with Crippen LogP contribution in [0.3, 0.4) is 0 Å². The first-order valence-electron chi connectivity index (χ1n) is 12.6. The zero-order chi connectivity index (χ0) is 24.2. The van der Waals surface area contributed by atoms with Gasteiger partial charge in [0.2, 0.25) is 15.9 Å². The number of anilines is 1. The second-order valence-electron chi connectivity index (χ2n) is 10.2. The van der Waals surface area contributed by atoms with Gasteiger partial charge in [0.25, 0.3) is 0 Å². The van der Waals surface area contributed by atoms with Crippen LogP contribution < -0.4 is 9.64 Å². The monoisotopic (exact) mass is 496 g/mol. The minimum absolute atomic E-state index is 0.238. The Kier molecular flexibility index (Phi) is 5.68. The maximum absolute atomic E-state index is 12.0. The Labute approximate surface area is 206 Å². The molecule has 2 fully saturated rings. The number of nitrogens with zero attached hydrogens (tertiary/aromatic N) is 5. The Balaban J connectivity index is 1.32. The van der Waals surface area contributed by atoms with E-state index in [4.69, 9.17) is 14.7 Å². The predicted molar refractivity (Wildman–Crippen MR) is 134 cm³/mol. The first kappa shape index (κ1) is 22.7. The third-order valence-corrected chi connectivity index (χ3v) is 9.16. The van der Waals surface area contributed by atoms with Crippen molar-refractivity contribution in [1.29, 1.82) is 0 Å². The van der Waals surface area contributed by atoms with Gasteiger partial charge in [-0.2, -0.15) is 4.98 Å². The average Bonchev–Trinajstić information content (AvgIpc) is 3.28. The summed E-state index contributed by atoms with van der Waals surface area (Å²) in [5.74, 6) is 0.914. The summed E-state index contributed by atoms with van der Waals surface area (Å²) in [5, 5.41) is 1.08. The van der Waals surface area contributed by atoms with Crippen molar-refractivity contribution in [3.05, 3.63) is 41.6 Å². The molecule has 3 aromatic rings. The highest BCUT2D eigenvalue weighted by Gasteiger charge is 2.33. The van der Waals surface area contributed by atoms with E-state index in [9.17, 15) is 8.42 Å². The lowest BCUT2D eigenvalue weighted by atomic mass is 9.87. The van der Waals surface area contributed by atoms with Crippen molar-refractivity contribution in [3.63, 3.8) is 0 Å². The molecule has 0 spiro atoms. The smallest absolute Gasteiger partial charge is 0.217 e. The van der Waals surface area contributed by atoms with Crippen LogP contribution in [0, 0.1) is 0 Å². The molecule has 1 N–H and O–H groups in total. The molecule has 0 aromatic carbocycles. The van der Waals surface area contributed by atoms with Crippen LogP contribution >= 0.6 is 0 Å². The maximum atomic E-state index is 12.0. The molecule has 1 saturated carbocycles. The van der Waals surface area contributed by atoms with Gasteiger partial charge in [-0.1, -0.05) is 0 Å². The number of rotatable bonds is 5. The fourth-order valence-corrected chi connectivity index (χ4v) is 6.49. The van der Waals surface area contributed by atoms with Gasteiger partial charge < -0.3 is 14.6 Å². The highest BCUT2D eigenvalue weighted by Crippen LogP contribution is 2.38. The van der Waals surface area contributed by atoms with Crippen molar-refractivity contribution in [3.8, 4) is 5.88 Å². The number of hydrogen-bond donors (Lipinski definition) is 1. The SMILES string of the molecule is CC1Cc2ncnc(C3CCN(S(C)(=O)=O)CC3)c2CN1c1cc(OC2CCC2)nc2[nH]ccc12. The average molecular weight is 497 g/mol. The predicted octanol–water partition coefficient (Wildman–Crippen LogP) is 3.37. The number of sulfonamides is 1. The standard InChI is InChI=1S/C25H32N6O3S/c1-16-12-21-20(24(28-15-27-21)17-7-10-30(11-8-17)35(2,32)33)14-31(16)22-13-23(34-18-4-3-5-18)29-25-19(22)6-9-26-25/h6,9,13,15-18H,3-5,7-8,10-12,14H2,1-2H3,(H,26,29). The topological polar surface area (TPSA) is 104 Å². The summed E-state index contributed by atoms with van der Waals surface area (Å²) in [4.78, 5) is 19.8. The molecule has 10 heteroatoms. The van der Waals surface area contributed by atoms with Gasteiger partial charge in [0.15, 0.2) is 0 Å². The van der Waals surface area contributed by atoms with Gasteiger partial charge in [0, 0.05) is 61.2 Å². The first-order chi connectivity index (χ1) is 16.9. The normalized spacial score (nSPS) is 22.2. The van der Waals surface area contributed by atoms with Crippen molar-refractivity contribution >= 4 is 26.7 Å². The molecule has 186 valence electrons. The van der Waals surface area contributed by atoms with Crippen molar-refractivity contribution < 1.29 is 13.2 Å². The van der Waals surface area contributed by atoms with Gasteiger partial charge in [-0.05, 0) is 45.1 Å². The number of H-pyrrole nitrogens is 1. The summed E-state index contributed by atoms with van der Waals surface area (Å²) in [6.07, 6.45) is 11.0. The summed E-state index contributed by atoms with van der Waals surface area (Å²) >= 11 is 0. The van der Waals surface area contributed by atoms with Crippen LogP contribution in [-0.4, -0.2) is 64.2 Å². The van der Waals surface area contributed by atoms with Gasteiger partial charge in [-0.15, -0.1) is 0 Å². The molecule has 1 saturated heterocycles. The molecular weight excluding hydrogens is 464 g/mol. The largest absolute Gasteiger partial charge is 0.474 e. The third kappa shape index (κ3) is 4.27. The number of piperidine rings is 1. The van der Waals surface area contributed by atoms with Crippen LogP contribution in [0.25, 0.3) is 11.0 Å². The molecule has 1 atom stereocenters. The molecule has 3 aromatic heterocycles. The summed E-state index contributed by atoms with van der Waals surface area (Å²) in [6.45, 7) is 4.03. The number of pyridine rings is 1. The van der Waals surface area contributed by atoms with Crippen LogP contribution in [0.5, 0.6) is 5.88 Å². The Morgan fingerprint density at radius 2 is 1.94 bits per heavy atom. The van der Waals surface area contributed by atoms with E-state index in [1.54, 1.807) is 10.6 Å². The second kappa shape index (κ2) is 8.74. The van der Waals surface area contributed by atoms with E-state index in [1.807, 2.05) is 6.20 Å².